The number of rotatable bonds is 3. The van der Waals surface area contributed by atoms with Gasteiger partial charge in [-0.1, -0.05) is 26.0 Å². The predicted molar refractivity (Wildman–Crippen MR) is 61.1 cm³/mol. The van der Waals surface area contributed by atoms with E-state index < -0.39 is 17.4 Å². The molecule has 1 unspecified atom stereocenters. The molecule has 0 spiro atoms. The van der Waals surface area contributed by atoms with Crippen molar-refractivity contribution in [2.75, 3.05) is 7.11 Å². The van der Waals surface area contributed by atoms with Crippen LogP contribution in [-0.4, -0.2) is 24.2 Å². The lowest BCUT2D eigenvalue weighted by Crippen LogP contribution is -2.47. The molecule has 1 aromatic rings. The number of hydrogen-bond donors (Lipinski definition) is 2. The molecular weight excluding hydrogens is 206 g/mol. The number of carbonyl (C=O) groups excluding carboxylic acids is 1. The average molecular weight is 223 g/mol. The topological polar surface area (TPSA) is 72.5 Å². The summed E-state index contributed by atoms with van der Waals surface area (Å²) < 4.78 is 4.62. The molecule has 3 N–H and O–H groups in total. The lowest BCUT2D eigenvalue weighted by Gasteiger charge is -2.30. The van der Waals surface area contributed by atoms with E-state index in [0.717, 1.165) is 5.56 Å². The van der Waals surface area contributed by atoms with Gasteiger partial charge in [0.15, 0.2) is 0 Å². The normalized spacial score (nSPS) is 13.2. The monoisotopic (exact) mass is 223 g/mol. The zero-order valence-electron chi connectivity index (χ0n) is 9.73. The van der Waals surface area contributed by atoms with Crippen molar-refractivity contribution in [3.05, 3.63) is 29.8 Å². The van der Waals surface area contributed by atoms with Gasteiger partial charge in [-0.05, 0) is 17.7 Å². The minimum absolute atomic E-state index is 0.155. The van der Waals surface area contributed by atoms with Crippen LogP contribution in [0.25, 0.3) is 0 Å². The Kier molecular flexibility index (Phi) is 3.55. The number of nitrogens with two attached hydrogens (primary N) is 1. The Morgan fingerprint density at radius 2 is 2.12 bits per heavy atom. The van der Waals surface area contributed by atoms with Gasteiger partial charge in [-0.2, -0.15) is 0 Å². The van der Waals surface area contributed by atoms with E-state index in [1.807, 2.05) is 19.9 Å². The summed E-state index contributed by atoms with van der Waals surface area (Å²) in [5.74, 6) is -0.309. The fourth-order valence-corrected chi connectivity index (χ4v) is 1.51. The van der Waals surface area contributed by atoms with Crippen LogP contribution in [0.1, 0.15) is 19.4 Å². The Morgan fingerprint density at radius 1 is 1.50 bits per heavy atom. The van der Waals surface area contributed by atoms with Crippen molar-refractivity contribution < 1.29 is 14.6 Å². The second-order valence-corrected chi connectivity index (χ2v) is 4.27. The van der Waals surface area contributed by atoms with E-state index in [0.29, 0.717) is 0 Å². The second-order valence-electron chi connectivity index (χ2n) is 4.27. The van der Waals surface area contributed by atoms with Gasteiger partial charge in [-0.25, -0.2) is 0 Å². The molecule has 16 heavy (non-hydrogen) atoms. The maximum atomic E-state index is 11.4. The summed E-state index contributed by atoms with van der Waals surface area (Å²) in [5.41, 5.74) is 6.04. The van der Waals surface area contributed by atoms with Crippen molar-refractivity contribution in [2.24, 2.45) is 5.73 Å². The zero-order chi connectivity index (χ0) is 12.3. The molecule has 0 aromatic heterocycles. The van der Waals surface area contributed by atoms with Gasteiger partial charge in [0.05, 0.1) is 7.11 Å². The SMILES string of the molecule is COC(=O)C(N)C(C)(C)c1cccc(O)c1. The number of phenolic OH excluding ortho intramolecular Hbond substituents is 1. The molecule has 4 nitrogen and oxygen atoms in total. The van der Waals surface area contributed by atoms with Crippen LogP contribution >= 0.6 is 0 Å². The van der Waals surface area contributed by atoms with E-state index in [1.165, 1.54) is 7.11 Å². The van der Waals surface area contributed by atoms with Gasteiger partial charge in [0, 0.05) is 5.41 Å². The molecule has 0 amide bonds. The van der Waals surface area contributed by atoms with Crippen molar-refractivity contribution in [2.45, 2.75) is 25.3 Å². The lowest BCUT2D eigenvalue weighted by molar-refractivity contribution is -0.143. The fraction of sp³-hybridized carbons (Fsp3) is 0.417. The minimum Gasteiger partial charge on any atom is -0.508 e. The summed E-state index contributed by atoms with van der Waals surface area (Å²) in [5, 5.41) is 9.40. The smallest absolute Gasteiger partial charge is 0.323 e. The summed E-state index contributed by atoms with van der Waals surface area (Å²) in [4.78, 5) is 11.4. The first-order valence-corrected chi connectivity index (χ1v) is 5.02. The van der Waals surface area contributed by atoms with Crippen molar-refractivity contribution >= 4 is 5.97 Å². The van der Waals surface area contributed by atoms with Crippen LogP contribution < -0.4 is 5.73 Å². The van der Waals surface area contributed by atoms with E-state index in [1.54, 1.807) is 18.2 Å². The molecule has 1 rings (SSSR count). The third-order valence-corrected chi connectivity index (χ3v) is 2.82. The fourth-order valence-electron chi connectivity index (χ4n) is 1.51. The molecule has 0 aliphatic rings. The second kappa shape index (κ2) is 4.53. The van der Waals surface area contributed by atoms with E-state index in [-0.39, 0.29) is 5.75 Å². The Bertz CT molecular complexity index is 388. The number of phenols is 1. The Morgan fingerprint density at radius 3 is 2.62 bits per heavy atom. The first kappa shape index (κ1) is 12.5. The Labute approximate surface area is 95.0 Å². The van der Waals surface area contributed by atoms with Crippen LogP contribution in [0.4, 0.5) is 0 Å². The van der Waals surface area contributed by atoms with Gasteiger partial charge in [0.1, 0.15) is 11.8 Å². The van der Waals surface area contributed by atoms with Gasteiger partial charge in [0.25, 0.3) is 0 Å². The standard InChI is InChI=1S/C12H17NO3/c1-12(2,10(13)11(15)16-3)8-5-4-6-9(14)7-8/h4-7,10,14H,13H2,1-3H3. The van der Waals surface area contributed by atoms with E-state index in [4.69, 9.17) is 5.73 Å². The Hall–Kier alpha value is -1.55. The van der Waals surface area contributed by atoms with E-state index in [2.05, 4.69) is 4.74 Å². The highest BCUT2D eigenvalue weighted by atomic mass is 16.5. The summed E-state index contributed by atoms with van der Waals surface area (Å²) in [6.07, 6.45) is 0. The molecule has 0 saturated carbocycles. The number of benzene rings is 1. The highest BCUT2D eigenvalue weighted by molar-refractivity contribution is 5.77. The van der Waals surface area contributed by atoms with Gasteiger partial charge in [0.2, 0.25) is 0 Å². The Balaban J connectivity index is 3.05. The molecule has 0 fully saturated rings. The number of esters is 1. The van der Waals surface area contributed by atoms with Crippen LogP contribution in [0, 0.1) is 0 Å². The summed E-state index contributed by atoms with van der Waals surface area (Å²) >= 11 is 0. The summed E-state index contributed by atoms with van der Waals surface area (Å²) in [6, 6.07) is 5.95. The van der Waals surface area contributed by atoms with Gasteiger partial charge in [-0.3, -0.25) is 4.79 Å². The van der Waals surface area contributed by atoms with Crippen molar-refractivity contribution in [3.8, 4) is 5.75 Å². The molecule has 4 heteroatoms. The number of ether oxygens (including phenoxy) is 1. The minimum atomic E-state index is -0.765. The van der Waals surface area contributed by atoms with Crippen LogP contribution in [0.15, 0.2) is 24.3 Å². The molecule has 0 aliphatic carbocycles. The van der Waals surface area contributed by atoms with E-state index >= 15 is 0 Å². The molecular formula is C12H17NO3. The molecule has 0 saturated heterocycles. The van der Waals surface area contributed by atoms with Crippen LogP contribution in [-0.2, 0) is 14.9 Å². The molecule has 1 aromatic carbocycles. The average Bonchev–Trinajstić information content (AvgIpc) is 2.27. The zero-order valence-corrected chi connectivity index (χ0v) is 9.73. The maximum Gasteiger partial charge on any atom is 0.323 e. The van der Waals surface area contributed by atoms with Crippen LogP contribution in [0.5, 0.6) is 5.75 Å². The van der Waals surface area contributed by atoms with Crippen LogP contribution in [0.2, 0.25) is 0 Å². The third kappa shape index (κ3) is 2.33. The van der Waals surface area contributed by atoms with Crippen LogP contribution in [0.3, 0.4) is 0 Å². The quantitative estimate of drug-likeness (QED) is 0.754. The molecule has 0 bridgehead atoms. The molecule has 0 radical (unpaired) electrons. The van der Waals surface area contributed by atoms with Gasteiger partial charge >= 0.3 is 5.97 Å². The first-order chi connectivity index (χ1) is 7.39. The maximum absolute atomic E-state index is 11.4. The number of aromatic hydroxyl groups is 1. The lowest BCUT2D eigenvalue weighted by atomic mass is 9.78. The number of methoxy groups -OCH3 is 1. The summed E-state index contributed by atoms with van der Waals surface area (Å²) in [7, 11) is 1.31. The third-order valence-electron chi connectivity index (χ3n) is 2.82. The largest absolute Gasteiger partial charge is 0.508 e. The highest BCUT2D eigenvalue weighted by Crippen LogP contribution is 2.28. The molecule has 0 heterocycles. The molecule has 0 aliphatic heterocycles. The van der Waals surface area contributed by atoms with Gasteiger partial charge < -0.3 is 15.6 Å². The number of hydrogen-bond acceptors (Lipinski definition) is 4. The molecule has 1 atom stereocenters. The summed E-state index contributed by atoms with van der Waals surface area (Å²) in [6.45, 7) is 3.67. The van der Waals surface area contributed by atoms with Crippen molar-refractivity contribution in [1.82, 2.24) is 0 Å². The van der Waals surface area contributed by atoms with Gasteiger partial charge in [-0.15, -0.1) is 0 Å². The van der Waals surface area contributed by atoms with Crippen molar-refractivity contribution in [3.63, 3.8) is 0 Å². The molecule has 88 valence electrons. The first-order valence-electron chi connectivity index (χ1n) is 5.02. The predicted octanol–water partition coefficient (Wildman–Crippen LogP) is 1.17. The van der Waals surface area contributed by atoms with Crippen molar-refractivity contribution in [1.29, 1.82) is 0 Å². The highest BCUT2D eigenvalue weighted by Gasteiger charge is 2.34. The van der Waals surface area contributed by atoms with E-state index in [9.17, 15) is 9.90 Å². The number of carbonyl (C=O) groups is 1.